The molecule has 1 aliphatic rings. The van der Waals surface area contributed by atoms with Crippen molar-refractivity contribution in [2.45, 2.75) is 19.8 Å². The first kappa shape index (κ1) is 17.3. The van der Waals surface area contributed by atoms with E-state index in [9.17, 15) is 4.79 Å². The molecule has 1 fully saturated rings. The lowest BCUT2D eigenvalue weighted by atomic mass is 9.96. The maximum atomic E-state index is 12.6. The Hall–Kier alpha value is -2.11. The molecule has 1 aromatic heterocycles. The van der Waals surface area contributed by atoms with Gasteiger partial charge in [0.15, 0.2) is 5.13 Å². The lowest BCUT2D eigenvalue weighted by Crippen LogP contribution is -2.38. The third-order valence-electron chi connectivity index (χ3n) is 4.94. The second-order valence-corrected chi connectivity index (χ2v) is 8.04. The summed E-state index contributed by atoms with van der Waals surface area (Å²) >= 11 is 7.86. The summed E-state index contributed by atoms with van der Waals surface area (Å²) in [6, 6.07) is 13.8. The number of rotatable bonds is 3. The first-order valence-corrected chi connectivity index (χ1v) is 9.98. The van der Waals surface area contributed by atoms with Crippen molar-refractivity contribution in [3.8, 4) is 0 Å². The van der Waals surface area contributed by atoms with Gasteiger partial charge in [-0.1, -0.05) is 41.1 Å². The minimum atomic E-state index is 0.0269. The van der Waals surface area contributed by atoms with Crippen LogP contribution in [-0.2, 0) is 4.79 Å². The van der Waals surface area contributed by atoms with Crippen LogP contribution in [0.2, 0.25) is 5.02 Å². The standard InChI is InChI=1S/C20H20ClN3OS/c1-13-15(21)5-4-7-16(13)22-19(25)14-9-11-24(12-10-14)20-23-17-6-2-3-8-18(17)26-20/h2-8,14H,9-12H2,1H3,(H,22,25). The molecule has 6 heteroatoms. The van der Waals surface area contributed by atoms with Crippen molar-refractivity contribution in [3.63, 3.8) is 0 Å². The highest BCUT2D eigenvalue weighted by atomic mass is 35.5. The maximum Gasteiger partial charge on any atom is 0.227 e. The average Bonchev–Trinajstić information content (AvgIpc) is 3.10. The number of piperidine rings is 1. The fourth-order valence-electron chi connectivity index (χ4n) is 3.31. The molecule has 0 saturated carbocycles. The molecular weight excluding hydrogens is 366 g/mol. The molecular formula is C20H20ClN3OS. The highest BCUT2D eigenvalue weighted by molar-refractivity contribution is 7.22. The first-order valence-electron chi connectivity index (χ1n) is 8.78. The van der Waals surface area contributed by atoms with E-state index in [4.69, 9.17) is 16.6 Å². The molecule has 0 aliphatic carbocycles. The third kappa shape index (κ3) is 3.41. The molecule has 2 aromatic carbocycles. The molecule has 26 heavy (non-hydrogen) atoms. The van der Waals surface area contributed by atoms with Crippen LogP contribution in [0.5, 0.6) is 0 Å². The Labute approximate surface area is 161 Å². The van der Waals surface area contributed by atoms with Crippen molar-refractivity contribution in [2.24, 2.45) is 5.92 Å². The van der Waals surface area contributed by atoms with Crippen molar-refractivity contribution in [3.05, 3.63) is 53.1 Å². The van der Waals surface area contributed by atoms with E-state index >= 15 is 0 Å². The second-order valence-electron chi connectivity index (χ2n) is 6.63. The summed E-state index contributed by atoms with van der Waals surface area (Å²) in [5.74, 6) is 0.110. The Kier molecular flexibility index (Phi) is 4.83. The molecule has 4 rings (SSSR count). The van der Waals surface area contributed by atoms with E-state index in [1.807, 2.05) is 43.3 Å². The number of carbonyl (C=O) groups is 1. The van der Waals surface area contributed by atoms with Crippen LogP contribution in [0.4, 0.5) is 10.8 Å². The van der Waals surface area contributed by atoms with Gasteiger partial charge in [-0.05, 0) is 49.6 Å². The second kappa shape index (κ2) is 7.25. The monoisotopic (exact) mass is 385 g/mol. The van der Waals surface area contributed by atoms with E-state index in [-0.39, 0.29) is 11.8 Å². The van der Waals surface area contributed by atoms with Gasteiger partial charge in [0, 0.05) is 29.7 Å². The van der Waals surface area contributed by atoms with Crippen LogP contribution < -0.4 is 10.2 Å². The molecule has 1 amide bonds. The van der Waals surface area contributed by atoms with Crippen LogP contribution in [0.25, 0.3) is 10.2 Å². The van der Waals surface area contributed by atoms with Crippen LogP contribution >= 0.6 is 22.9 Å². The topological polar surface area (TPSA) is 45.2 Å². The highest BCUT2D eigenvalue weighted by Gasteiger charge is 2.26. The van der Waals surface area contributed by atoms with Crippen LogP contribution in [0.15, 0.2) is 42.5 Å². The quantitative estimate of drug-likeness (QED) is 0.681. The number of nitrogens with zero attached hydrogens (tertiary/aromatic N) is 2. The van der Waals surface area contributed by atoms with Crippen molar-refractivity contribution in [1.82, 2.24) is 4.98 Å². The molecule has 1 saturated heterocycles. The van der Waals surface area contributed by atoms with E-state index in [2.05, 4.69) is 16.3 Å². The van der Waals surface area contributed by atoms with Crippen LogP contribution in [-0.4, -0.2) is 24.0 Å². The molecule has 2 heterocycles. The fourth-order valence-corrected chi connectivity index (χ4v) is 4.50. The van der Waals surface area contributed by atoms with Crippen molar-refractivity contribution >= 4 is 49.9 Å². The zero-order valence-corrected chi connectivity index (χ0v) is 16.1. The average molecular weight is 386 g/mol. The number of fused-ring (bicyclic) bond motifs is 1. The van der Waals surface area contributed by atoms with Gasteiger partial charge in [0.1, 0.15) is 0 Å². The zero-order valence-electron chi connectivity index (χ0n) is 14.5. The smallest absolute Gasteiger partial charge is 0.227 e. The molecule has 0 unspecified atom stereocenters. The summed E-state index contributed by atoms with van der Waals surface area (Å²) in [6.45, 7) is 3.63. The minimum Gasteiger partial charge on any atom is -0.348 e. The summed E-state index contributed by atoms with van der Waals surface area (Å²) in [5, 5.41) is 4.77. The summed E-state index contributed by atoms with van der Waals surface area (Å²) in [5.41, 5.74) is 2.76. The van der Waals surface area contributed by atoms with E-state index < -0.39 is 0 Å². The van der Waals surface area contributed by atoms with E-state index in [0.29, 0.717) is 5.02 Å². The SMILES string of the molecule is Cc1c(Cl)cccc1NC(=O)C1CCN(c2nc3ccccc3s2)CC1. The maximum absolute atomic E-state index is 12.6. The number of hydrogen-bond donors (Lipinski definition) is 1. The normalized spacial score (nSPS) is 15.4. The van der Waals surface area contributed by atoms with Gasteiger partial charge in [-0.15, -0.1) is 0 Å². The van der Waals surface area contributed by atoms with Crippen molar-refractivity contribution in [1.29, 1.82) is 0 Å². The summed E-state index contributed by atoms with van der Waals surface area (Å²) < 4.78 is 1.21. The number of carbonyl (C=O) groups excluding carboxylic acids is 1. The molecule has 1 N–H and O–H groups in total. The van der Waals surface area contributed by atoms with Gasteiger partial charge in [-0.25, -0.2) is 4.98 Å². The van der Waals surface area contributed by atoms with Crippen molar-refractivity contribution < 1.29 is 4.79 Å². The van der Waals surface area contributed by atoms with Gasteiger partial charge in [0.05, 0.1) is 10.2 Å². The van der Waals surface area contributed by atoms with Gasteiger partial charge in [0.25, 0.3) is 0 Å². The van der Waals surface area contributed by atoms with Gasteiger partial charge in [0.2, 0.25) is 5.91 Å². The number of para-hydroxylation sites is 1. The van der Waals surface area contributed by atoms with Gasteiger partial charge in [-0.3, -0.25) is 4.79 Å². The lowest BCUT2D eigenvalue weighted by molar-refractivity contribution is -0.120. The van der Waals surface area contributed by atoms with E-state index in [1.54, 1.807) is 11.3 Å². The zero-order chi connectivity index (χ0) is 18.1. The molecule has 4 nitrogen and oxygen atoms in total. The Morgan fingerprint density at radius 1 is 1.19 bits per heavy atom. The number of benzene rings is 2. The lowest BCUT2D eigenvalue weighted by Gasteiger charge is -2.31. The Bertz CT molecular complexity index is 914. The molecule has 134 valence electrons. The number of aromatic nitrogens is 1. The number of thiazole rings is 1. The molecule has 0 atom stereocenters. The Morgan fingerprint density at radius 2 is 1.96 bits per heavy atom. The van der Waals surface area contributed by atoms with Gasteiger partial charge >= 0.3 is 0 Å². The molecule has 3 aromatic rings. The Balaban J connectivity index is 1.40. The minimum absolute atomic E-state index is 0.0269. The van der Waals surface area contributed by atoms with Crippen LogP contribution in [0.3, 0.4) is 0 Å². The van der Waals surface area contributed by atoms with Crippen LogP contribution in [0.1, 0.15) is 18.4 Å². The number of nitrogens with one attached hydrogen (secondary N) is 1. The summed E-state index contributed by atoms with van der Waals surface area (Å²) in [6.07, 6.45) is 1.67. The number of hydrogen-bond acceptors (Lipinski definition) is 4. The summed E-state index contributed by atoms with van der Waals surface area (Å²) in [4.78, 5) is 19.6. The third-order valence-corrected chi connectivity index (χ3v) is 6.45. The predicted molar refractivity (Wildman–Crippen MR) is 109 cm³/mol. The fraction of sp³-hybridized carbons (Fsp3) is 0.300. The first-order chi connectivity index (χ1) is 12.6. The summed E-state index contributed by atoms with van der Waals surface area (Å²) in [7, 11) is 0. The van der Waals surface area contributed by atoms with Gasteiger partial charge < -0.3 is 10.2 Å². The molecule has 0 bridgehead atoms. The predicted octanol–water partition coefficient (Wildman–Crippen LogP) is 5.11. The Morgan fingerprint density at radius 3 is 2.73 bits per heavy atom. The van der Waals surface area contributed by atoms with Gasteiger partial charge in [-0.2, -0.15) is 0 Å². The number of halogens is 1. The molecule has 1 aliphatic heterocycles. The molecule has 0 radical (unpaired) electrons. The van der Waals surface area contributed by atoms with Crippen LogP contribution in [0, 0.1) is 12.8 Å². The number of anilines is 2. The van der Waals surface area contributed by atoms with E-state index in [1.165, 1.54) is 4.70 Å². The van der Waals surface area contributed by atoms with Crippen molar-refractivity contribution in [2.75, 3.05) is 23.3 Å². The number of amides is 1. The molecule has 0 spiro atoms. The largest absolute Gasteiger partial charge is 0.348 e. The van der Waals surface area contributed by atoms with E-state index in [0.717, 1.165) is 47.8 Å². The highest BCUT2D eigenvalue weighted by Crippen LogP contribution is 2.32.